The van der Waals surface area contributed by atoms with Crippen LogP contribution in [0.2, 0.25) is 0 Å². The van der Waals surface area contributed by atoms with Crippen LogP contribution in [0.3, 0.4) is 0 Å². The minimum Gasteiger partial charge on any atom is -0.335 e. The second-order valence-electron chi connectivity index (χ2n) is 5.42. The molecule has 0 aliphatic carbocycles. The number of imidazole rings is 1. The fourth-order valence-electron chi connectivity index (χ4n) is 2.78. The van der Waals surface area contributed by atoms with Gasteiger partial charge in [-0.2, -0.15) is 0 Å². The van der Waals surface area contributed by atoms with Crippen LogP contribution in [-0.4, -0.2) is 37.1 Å². The zero-order valence-corrected chi connectivity index (χ0v) is 11.8. The summed E-state index contributed by atoms with van der Waals surface area (Å²) >= 11 is 0. The molecule has 3 heterocycles. The van der Waals surface area contributed by atoms with E-state index < -0.39 is 0 Å². The number of piperidine rings is 1. The number of aromatic nitrogens is 4. The Morgan fingerprint density at radius 2 is 1.80 bits per heavy atom. The highest BCUT2D eigenvalue weighted by Gasteiger charge is 2.16. The third kappa shape index (κ3) is 2.07. The van der Waals surface area contributed by atoms with Crippen LogP contribution in [0.1, 0.15) is 25.1 Å². The number of aromatic amines is 1. The van der Waals surface area contributed by atoms with Crippen LogP contribution in [0.5, 0.6) is 0 Å². The van der Waals surface area contributed by atoms with Gasteiger partial charge in [-0.05, 0) is 25.9 Å². The van der Waals surface area contributed by atoms with Gasteiger partial charge in [0.05, 0.1) is 6.54 Å². The van der Waals surface area contributed by atoms with Crippen molar-refractivity contribution in [3.8, 4) is 0 Å². The summed E-state index contributed by atoms with van der Waals surface area (Å²) in [7, 11) is 3.12. The summed E-state index contributed by atoms with van der Waals surface area (Å²) in [5.74, 6) is 0.750. The lowest BCUT2D eigenvalue weighted by Gasteiger charge is -2.25. The Kier molecular flexibility index (Phi) is 3.21. The van der Waals surface area contributed by atoms with Crippen LogP contribution in [-0.2, 0) is 20.6 Å². The van der Waals surface area contributed by atoms with Gasteiger partial charge in [0.2, 0.25) is 0 Å². The van der Waals surface area contributed by atoms with E-state index in [1.54, 1.807) is 7.05 Å². The molecule has 2 aromatic heterocycles. The minimum atomic E-state index is -0.349. The Morgan fingerprint density at radius 1 is 1.10 bits per heavy atom. The Bertz CT molecular complexity index is 748. The van der Waals surface area contributed by atoms with Crippen LogP contribution in [0.4, 0.5) is 0 Å². The van der Waals surface area contributed by atoms with E-state index in [4.69, 9.17) is 0 Å². The normalized spacial score (nSPS) is 16.9. The van der Waals surface area contributed by atoms with Gasteiger partial charge in [-0.3, -0.25) is 18.8 Å². The smallest absolute Gasteiger partial charge is 0.332 e. The molecular formula is C13H19N5O2. The first-order chi connectivity index (χ1) is 9.58. The summed E-state index contributed by atoms with van der Waals surface area (Å²) in [6.45, 7) is 2.83. The Hall–Kier alpha value is -1.89. The van der Waals surface area contributed by atoms with E-state index in [0.29, 0.717) is 17.7 Å². The van der Waals surface area contributed by atoms with Gasteiger partial charge in [0.15, 0.2) is 5.65 Å². The molecule has 3 rings (SSSR count). The number of likely N-dealkylation sites (tertiary alicyclic amines) is 1. The van der Waals surface area contributed by atoms with Crippen LogP contribution < -0.4 is 11.2 Å². The molecule has 1 aliphatic heterocycles. The number of nitrogens with one attached hydrogen (secondary N) is 1. The van der Waals surface area contributed by atoms with Crippen molar-refractivity contribution < 1.29 is 0 Å². The number of fused-ring (bicyclic) bond motifs is 1. The predicted octanol–water partition coefficient (Wildman–Crippen LogP) is -0.0538. The van der Waals surface area contributed by atoms with Crippen molar-refractivity contribution in [3.63, 3.8) is 0 Å². The van der Waals surface area contributed by atoms with Crippen LogP contribution in [0.25, 0.3) is 11.2 Å². The Morgan fingerprint density at radius 3 is 2.50 bits per heavy atom. The van der Waals surface area contributed by atoms with Gasteiger partial charge >= 0.3 is 5.69 Å². The van der Waals surface area contributed by atoms with Crippen LogP contribution >= 0.6 is 0 Å². The van der Waals surface area contributed by atoms with Crippen molar-refractivity contribution in [3.05, 3.63) is 26.7 Å². The molecule has 20 heavy (non-hydrogen) atoms. The lowest BCUT2D eigenvalue weighted by Crippen LogP contribution is -2.36. The van der Waals surface area contributed by atoms with Crippen molar-refractivity contribution in [1.29, 1.82) is 0 Å². The van der Waals surface area contributed by atoms with Crippen molar-refractivity contribution in [2.24, 2.45) is 14.1 Å². The molecule has 7 heteroatoms. The monoisotopic (exact) mass is 277 g/mol. The molecule has 0 spiro atoms. The van der Waals surface area contributed by atoms with Gasteiger partial charge < -0.3 is 4.98 Å². The van der Waals surface area contributed by atoms with Crippen LogP contribution in [0, 0.1) is 0 Å². The third-order valence-electron chi connectivity index (χ3n) is 3.97. The SMILES string of the molecule is Cn1c(=O)c2[nH]c(CN3CCCCC3)nc2n(C)c1=O. The topological polar surface area (TPSA) is 75.9 Å². The lowest BCUT2D eigenvalue weighted by atomic mass is 10.1. The second-order valence-corrected chi connectivity index (χ2v) is 5.42. The molecule has 1 fully saturated rings. The summed E-state index contributed by atoms with van der Waals surface area (Å²) in [6.07, 6.45) is 3.70. The van der Waals surface area contributed by atoms with E-state index in [9.17, 15) is 9.59 Å². The molecule has 1 N–H and O–H groups in total. The number of aryl methyl sites for hydroxylation is 1. The second kappa shape index (κ2) is 4.90. The molecule has 0 unspecified atom stereocenters. The number of hydrogen-bond donors (Lipinski definition) is 1. The highest BCUT2D eigenvalue weighted by molar-refractivity contribution is 5.69. The summed E-state index contributed by atoms with van der Waals surface area (Å²) in [5.41, 5.74) is 0.172. The van der Waals surface area contributed by atoms with Gasteiger partial charge in [0.25, 0.3) is 5.56 Å². The molecule has 0 atom stereocenters. The van der Waals surface area contributed by atoms with Gasteiger partial charge in [-0.15, -0.1) is 0 Å². The lowest BCUT2D eigenvalue weighted by molar-refractivity contribution is 0.216. The average Bonchev–Trinajstić information content (AvgIpc) is 2.88. The standard InChI is InChI=1S/C13H19N5O2/c1-16-11-10(12(19)17(2)13(16)20)14-9(15-11)8-18-6-4-3-5-7-18/h3-8H2,1-2H3,(H,14,15). The molecule has 0 saturated carbocycles. The third-order valence-corrected chi connectivity index (χ3v) is 3.97. The molecule has 0 radical (unpaired) electrons. The maximum atomic E-state index is 12.1. The maximum absolute atomic E-state index is 12.1. The maximum Gasteiger partial charge on any atom is 0.332 e. The van der Waals surface area contributed by atoms with E-state index in [2.05, 4.69) is 14.9 Å². The average molecular weight is 277 g/mol. The zero-order chi connectivity index (χ0) is 14.3. The number of H-pyrrole nitrogens is 1. The molecule has 0 bridgehead atoms. The van der Waals surface area contributed by atoms with Gasteiger partial charge in [0, 0.05) is 14.1 Å². The first-order valence-corrected chi connectivity index (χ1v) is 6.95. The van der Waals surface area contributed by atoms with Crippen molar-refractivity contribution in [2.45, 2.75) is 25.8 Å². The zero-order valence-electron chi connectivity index (χ0n) is 11.8. The summed E-state index contributed by atoms with van der Waals surface area (Å²) in [6, 6.07) is 0. The van der Waals surface area contributed by atoms with E-state index in [0.717, 1.165) is 23.5 Å². The molecular weight excluding hydrogens is 258 g/mol. The highest BCUT2D eigenvalue weighted by Crippen LogP contribution is 2.12. The number of hydrogen-bond acceptors (Lipinski definition) is 4. The molecule has 0 amide bonds. The molecule has 0 aromatic carbocycles. The van der Waals surface area contributed by atoms with Crippen molar-refractivity contribution >= 4 is 11.2 Å². The predicted molar refractivity (Wildman–Crippen MR) is 75.7 cm³/mol. The van der Waals surface area contributed by atoms with Gasteiger partial charge in [-0.25, -0.2) is 9.78 Å². The Balaban J connectivity index is 2.02. The molecule has 2 aromatic rings. The highest BCUT2D eigenvalue weighted by atomic mass is 16.2. The fraction of sp³-hybridized carbons (Fsp3) is 0.615. The quantitative estimate of drug-likeness (QED) is 0.835. The van der Waals surface area contributed by atoms with Crippen molar-refractivity contribution in [1.82, 2.24) is 24.0 Å². The van der Waals surface area contributed by atoms with Crippen LogP contribution in [0.15, 0.2) is 9.59 Å². The fourth-order valence-corrected chi connectivity index (χ4v) is 2.78. The largest absolute Gasteiger partial charge is 0.335 e. The van der Waals surface area contributed by atoms with E-state index in [1.807, 2.05) is 0 Å². The summed E-state index contributed by atoms with van der Waals surface area (Å²) in [5, 5.41) is 0. The molecule has 1 aliphatic rings. The van der Waals surface area contributed by atoms with E-state index >= 15 is 0 Å². The molecule has 108 valence electrons. The number of nitrogens with zero attached hydrogens (tertiary/aromatic N) is 4. The number of rotatable bonds is 2. The summed E-state index contributed by atoms with van der Waals surface area (Å²) in [4.78, 5) is 33.8. The molecule has 7 nitrogen and oxygen atoms in total. The van der Waals surface area contributed by atoms with E-state index in [1.165, 1.54) is 30.9 Å². The van der Waals surface area contributed by atoms with E-state index in [-0.39, 0.29) is 11.2 Å². The van der Waals surface area contributed by atoms with Gasteiger partial charge in [-0.1, -0.05) is 6.42 Å². The van der Waals surface area contributed by atoms with Crippen molar-refractivity contribution in [2.75, 3.05) is 13.1 Å². The van der Waals surface area contributed by atoms with Gasteiger partial charge in [0.1, 0.15) is 11.3 Å². The minimum absolute atomic E-state index is 0.319. The Labute approximate surface area is 115 Å². The molecule has 1 saturated heterocycles. The first-order valence-electron chi connectivity index (χ1n) is 6.95. The summed E-state index contributed by atoms with van der Waals surface area (Å²) < 4.78 is 2.51. The first kappa shape index (κ1) is 13.1.